The smallest absolute Gasteiger partial charge is 0.124 e. The highest BCUT2D eigenvalue weighted by Crippen LogP contribution is 2.38. The van der Waals surface area contributed by atoms with Gasteiger partial charge in [-0.05, 0) is 46.9 Å². The normalized spacial score (nSPS) is 11.2. The fourth-order valence-electron chi connectivity index (χ4n) is 2.79. The van der Waals surface area contributed by atoms with Crippen LogP contribution in [0.1, 0.15) is 0 Å². The highest BCUT2D eigenvalue weighted by molar-refractivity contribution is 14.1. The lowest BCUT2D eigenvalue weighted by Gasteiger charge is -2.14. The predicted octanol–water partition coefficient (Wildman–Crippen LogP) is 5.19. The van der Waals surface area contributed by atoms with E-state index in [2.05, 4.69) is 44.3 Å². The van der Waals surface area contributed by atoms with Gasteiger partial charge in [0.1, 0.15) is 11.5 Å². The molecule has 5 heteroatoms. The molecular formula is C16H11FI2N2. The molecule has 2 aliphatic heterocycles. The molecule has 2 heterocycles. The Morgan fingerprint density at radius 1 is 1.10 bits per heavy atom. The molecule has 2 aliphatic rings. The standard InChI is InChI=1S/C16H10FIN2.HI/c1-20-13-5-3-2-4-10(13)14(18)15-16(20)11-8-9(17)6-7-12(11)19-15;/h2-8H,1H3;1H. The second-order valence-electron chi connectivity index (χ2n) is 4.86. The van der Waals surface area contributed by atoms with Crippen LogP contribution in [-0.4, -0.2) is 9.55 Å². The van der Waals surface area contributed by atoms with E-state index in [1.54, 1.807) is 12.1 Å². The summed E-state index contributed by atoms with van der Waals surface area (Å²) in [6.45, 7) is 0. The zero-order valence-electron chi connectivity index (χ0n) is 11.1. The summed E-state index contributed by atoms with van der Waals surface area (Å²) < 4.78 is 16.8. The van der Waals surface area contributed by atoms with E-state index >= 15 is 0 Å². The Bertz CT molecular complexity index is 946. The number of aryl methyl sites for hydroxylation is 1. The predicted molar refractivity (Wildman–Crippen MR) is 103 cm³/mol. The number of nitrogens with zero attached hydrogens (tertiary/aromatic N) is 2. The Morgan fingerprint density at radius 3 is 2.67 bits per heavy atom. The average Bonchev–Trinajstić information content (AvgIpc) is 2.84. The number of fused-ring (bicyclic) bond motifs is 4. The maximum Gasteiger partial charge on any atom is 0.124 e. The van der Waals surface area contributed by atoms with Crippen molar-refractivity contribution in [3.8, 4) is 11.4 Å². The number of rotatable bonds is 0. The van der Waals surface area contributed by atoms with Crippen LogP contribution in [0.3, 0.4) is 0 Å². The summed E-state index contributed by atoms with van der Waals surface area (Å²) in [5.74, 6) is -0.227. The van der Waals surface area contributed by atoms with Gasteiger partial charge in [0.25, 0.3) is 0 Å². The largest absolute Gasteiger partial charge is 0.342 e. The maximum atomic E-state index is 13.5. The molecule has 0 atom stereocenters. The minimum absolute atomic E-state index is 0. The zero-order chi connectivity index (χ0) is 13.9. The molecule has 106 valence electrons. The van der Waals surface area contributed by atoms with E-state index in [-0.39, 0.29) is 29.8 Å². The second kappa shape index (κ2) is 5.35. The number of aromatic nitrogens is 2. The van der Waals surface area contributed by atoms with Crippen molar-refractivity contribution in [1.82, 2.24) is 9.55 Å². The SMILES string of the molecule is Cn1c2c3cc(F)ccc3nc-2c(I)c2ccccc21.I. The number of hydrogen-bond acceptors (Lipinski definition) is 1. The Morgan fingerprint density at radius 2 is 1.86 bits per heavy atom. The number of pyridine rings is 1. The van der Waals surface area contributed by atoms with Gasteiger partial charge in [-0.1, -0.05) is 18.2 Å². The summed E-state index contributed by atoms with van der Waals surface area (Å²) in [6.07, 6.45) is 0. The van der Waals surface area contributed by atoms with Gasteiger partial charge < -0.3 is 4.57 Å². The quantitative estimate of drug-likeness (QED) is 0.302. The third-order valence-electron chi connectivity index (χ3n) is 3.72. The first-order valence-corrected chi connectivity index (χ1v) is 7.36. The van der Waals surface area contributed by atoms with Gasteiger partial charge >= 0.3 is 0 Å². The number of benzene rings is 2. The van der Waals surface area contributed by atoms with E-state index in [0.29, 0.717) is 0 Å². The average molecular weight is 504 g/mol. The van der Waals surface area contributed by atoms with Gasteiger partial charge in [-0.3, -0.25) is 0 Å². The van der Waals surface area contributed by atoms with Crippen LogP contribution < -0.4 is 0 Å². The van der Waals surface area contributed by atoms with Crippen LogP contribution in [0.2, 0.25) is 0 Å². The molecule has 0 saturated heterocycles. The lowest BCUT2D eigenvalue weighted by molar-refractivity contribution is 0.629. The Labute approximate surface area is 151 Å². The molecular weight excluding hydrogens is 493 g/mol. The van der Waals surface area contributed by atoms with Crippen molar-refractivity contribution >= 4 is 68.4 Å². The van der Waals surface area contributed by atoms with Crippen molar-refractivity contribution in [2.45, 2.75) is 0 Å². The van der Waals surface area contributed by atoms with Crippen molar-refractivity contribution < 1.29 is 4.39 Å². The van der Waals surface area contributed by atoms with Gasteiger partial charge in [-0.2, -0.15) is 0 Å². The lowest BCUT2D eigenvalue weighted by atomic mass is 10.1. The van der Waals surface area contributed by atoms with Gasteiger partial charge in [0.05, 0.1) is 14.8 Å². The fraction of sp³-hybridized carbons (Fsp3) is 0.0625. The molecule has 0 unspecified atom stereocenters. The first kappa shape index (κ1) is 15.0. The minimum atomic E-state index is -0.227. The molecule has 0 N–H and O–H groups in total. The third kappa shape index (κ3) is 2.12. The molecule has 0 fully saturated rings. The molecule has 2 aromatic carbocycles. The first-order valence-electron chi connectivity index (χ1n) is 6.28. The first-order chi connectivity index (χ1) is 9.66. The van der Waals surface area contributed by atoms with Crippen molar-refractivity contribution in [2.24, 2.45) is 7.05 Å². The number of para-hydroxylation sites is 1. The maximum absolute atomic E-state index is 13.5. The van der Waals surface area contributed by atoms with E-state index in [0.717, 1.165) is 31.4 Å². The summed E-state index contributed by atoms with van der Waals surface area (Å²) in [7, 11) is 2.01. The molecule has 21 heavy (non-hydrogen) atoms. The number of halogens is 3. The molecule has 4 rings (SSSR count). The van der Waals surface area contributed by atoms with Crippen LogP contribution in [0, 0.1) is 9.39 Å². The van der Waals surface area contributed by atoms with E-state index in [1.165, 1.54) is 11.5 Å². The highest BCUT2D eigenvalue weighted by atomic mass is 127. The van der Waals surface area contributed by atoms with E-state index in [1.807, 2.05) is 19.2 Å². The Kier molecular flexibility index (Phi) is 3.81. The van der Waals surface area contributed by atoms with Crippen LogP contribution in [-0.2, 0) is 7.05 Å². The molecule has 0 saturated carbocycles. The minimum Gasteiger partial charge on any atom is -0.342 e. The van der Waals surface area contributed by atoms with Gasteiger partial charge in [-0.15, -0.1) is 24.0 Å². The van der Waals surface area contributed by atoms with Crippen LogP contribution in [0.4, 0.5) is 4.39 Å². The van der Waals surface area contributed by atoms with Gasteiger partial charge in [0, 0.05) is 23.3 Å². The second-order valence-corrected chi connectivity index (χ2v) is 5.94. The van der Waals surface area contributed by atoms with E-state index < -0.39 is 0 Å². The van der Waals surface area contributed by atoms with Crippen LogP contribution in [0.25, 0.3) is 33.2 Å². The van der Waals surface area contributed by atoms with Crippen LogP contribution in [0.15, 0.2) is 42.5 Å². The summed E-state index contributed by atoms with van der Waals surface area (Å²) in [5, 5.41) is 2.04. The third-order valence-corrected chi connectivity index (χ3v) is 4.81. The van der Waals surface area contributed by atoms with Crippen molar-refractivity contribution in [3.63, 3.8) is 0 Å². The van der Waals surface area contributed by atoms with Crippen LogP contribution in [0.5, 0.6) is 0 Å². The summed E-state index contributed by atoms with van der Waals surface area (Å²) in [6, 6.07) is 13.0. The summed E-state index contributed by atoms with van der Waals surface area (Å²) in [4.78, 5) is 4.67. The molecule has 0 aliphatic carbocycles. The Hall–Kier alpha value is -0.960. The fourth-order valence-corrected chi connectivity index (χ4v) is 3.62. The molecule has 0 amide bonds. The summed E-state index contributed by atoms with van der Waals surface area (Å²) >= 11 is 2.33. The molecule has 0 aromatic heterocycles. The van der Waals surface area contributed by atoms with E-state index in [9.17, 15) is 4.39 Å². The molecule has 0 bridgehead atoms. The molecule has 2 nitrogen and oxygen atoms in total. The Balaban J connectivity index is 0.00000132. The summed E-state index contributed by atoms with van der Waals surface area (Å²) in [5.41, 5.74) is 3.89. The van der Waals surface area contributed by atoms with Gasteiger partial charge in [-0.25, -0.2) is 9.37 Å². The topological polar surface area (TPSA) is 17.8 Å². The number of hydrogen-bond donors (Lipinski definition) is 0. The van der Waals surface area contributed by atoms with Crippen molar-refractivity contribution in [1.29, 1.82) is 0 Å². The zero-order valence-corrected chi connectivity index (χ0v) is 15.6. The van der Waals surface area contributed by atoms with Crippen molar-refractivity contribution in [3.05, 3.63) is 51.9 Å². The van der Waals surface area contributed by atoms with Gasteiger partial charge in [0.2, 0.25) is 0 Å². The molecule has 0 radical (unpaired) electrons. The lowest BCUT2D eigenvalue weighted by Crippen LogP contribution is -2.01. The molecule has 2 aromatic rings. The monoisotopic (exact) mass is 504 g/mol. The van der Waals surface area contributed by atoms with E-state index in [4.69, 9.17) is 0 Å². The van der Waals surface area contributed by atoms with Gasteiger partial charge in [0.15, 0.2) is 0 Å². The van der Waals surface area contributed by atoms with Crippen LogP contribution >= 0.6 is 46.6 Å². The van der Waals surface area contributed by atoms with Crippen molar-refractivity contribution in [2.75, 3.05) is 0 Å². The highest BCUT2D eigenvalue weighted by Gasteiger charge is 2.20. The molecule has 0 spiro atoms.